The minimum absolute atomic E-state index is 0.224. The Hall–Kier alpha value is -1.92. The smallest absolute Gasteiger partial charge is 0.125 e. The van der Waals surface area contributed by atoms with Crippen LogP contribution in [0.25, 0.3) is 10.9 Å². The summed E-state index contributed by atoms with van der Waals surface area (Å²) in [5.41, 5.74) is 1.93. The average Bonchev–Trinajstić information content (AvgIpc) is 2.44. The molecule has 0 aliphatic rings. The molecule has 0 radical (unpaired) electrons. The van der Waals surface area contributed by atoms with Crippen molar-refractivity contribution in [3.63, 3.8) is 0 Å². The molecule has 0 bridgehead atoms. The van der Waals surface area contributed by atoms with Gasteiger partial charge >= 0.3 is 0 Å². The standard InChI is InChI=1S/C15H17N3/c1-3-18(4-2)14(11-16)13-9-5-7-12-8-6-10-17-15(12)13/h5-10,14H,3-4H2,1-2H3. The maximum absolute atomic E-state index is 9.45. The van der Waals surface area contributed by atoms with Crippen molar-refractivity contribution in [3.8, 4) is 6.07 Å². The van der Waals surface area contributed by atoms with Gasteiger partial charge in [-0.15, -0.1) is 0 Å². The van der Waals surface area contributed by atoms with Crippen LogP contribution in [0.3, 0.4) is 0 Å². The van der Waals surface area contributed by atoms with Gasteiger partial charge in [-0.05, 0) is 19.2 Å². The summed E-state index contributed by atoms with van der Waals surface area (Å²) in [5.74, 6) is 0. The number of nitriles is 1. The molecule has 0 N–H and O–H groups in total. The van der Waals surface area contributed by atoms with Crippen molar-refractivity contribution < 1.29 is 0 Å². The molecular formula is C15H17N3. The van der Waals surface area contributed by atoms with Crippen LogP contribution in [0.1, 0.15) is 25.5 Å². The van der Waals surface area contributed by atoms with E-state index in [1.54, 1.807) is 6.20 Å². The molecule has 1 atom stereocenters. The highest BCUT2D eigenvalue weighted by Gasteiger charge is 2.19. The molecule has 2 aromatic rings. The van der Waals surface area contributed by atoms with Crippen LogP contribution in [0.4, 0.5) is 0 Å². The molecule has 0 fully saturated rings. The summed E-state index contributed by atoms with van der Waals surface area (Å²) in [4.78, 5) is 6.57. The zero-order valence-corrected chi connectivity index (χ0v) is 10.8. The summed E-state index contributed by atoms with van der Waals surface area (Å²) in [6.45, 7) is 5.87. The molecule has 1 heterocycles. The largest absolute Gasteiger partial charge is 0.285 e. The van der Waals surface area contributed by atoms with E-state index in [1.807, 2.05) is 30.3 Å². The zero-order valence-electron chi connectivity index (χ0n) is 10.8. The molecule has 3 nitrogen and oxygen atoms in total. The van der Waals surface area contributed by atoms with Crippen molar-refractivity contribution in [1.82, 2.24) is 9.88 Å². The zero-order chi connectivity index (χ0) is 13.0. The van der Waals surface area contributed by atoms with Gasteiger partial charge in [-0.1, -0.05) is 38.1 Å². The van der Waals surface area contributed by atoms with Gasteiger partial charge < -0.3 is 0 Å². The minimum atomic E-state index is -0.224. The lowest BCUT2D eigenvalue weighted by Crippen LogP contribution is -2.27. The lowest BCUT2D eigenvalue weighted by Gasteiger charge is -2.24. The first-order chi connectivity index (χ1) is 8.81. The van der Waals surface area contributed by atoms with Crippen LogP contribution >= 0.6 is 0 Å². The molecule has 0 saturated carbocycles. The maximum atomic E-state index is 9.45. The fraction of sp³-hybridized carbons (Fsp3) is 0.333. The summed E-state index contributed by atoms with van der Waals surface area (Å²) in [6.07, 6.45) is 1.78. The van der Waals surface area contributed by atoms with Crippen LogP contribution in [0.2, 0.25) is 0 Å². The Morgan fingerprint density at radius 1 is 1.22 bits per heavy atom. The van der Waals surface area contributed by atoms with E-state index in [0.29, 0.717) is 0 Å². The Morgan fingerprint density at radius 2 is 1.94 bits per heavy atom. The van der Waals surface area contributed by atoms with Crippen molar-refractivity contribution in [1.29, 1.82) is 5.26 Å². The molecule has 3 heteroatoms. The average molecular weight is 239 g/mol. The second-order valence-corrected chi connectivity index (χ2v) is 4.18. The Balaban J connectivity index is 2.55. The predicted octanol–water partition coefficient (Wildman–Crippen LogP) is 3.14. The summed E-state index contributed by atoms with van der Waals surface area (Å²) in [5, 5.41) is 10.5. The van der Waals surface area contributed by atoms with Gasteiger partial charge in [0.1, 0.15) is 6.04 Å². The van der Waals surface area contributed by atoms with Gasteiger partial charge in [-0.25, -0.2) is 0 Å². The first-order valence-corrected chi connectivity index (χ1v) is 6.29. The number of benzene rings is 1. The van der Waals surface area contributed by atoms with Crippen LogP contribution in [-0.4, -0.2) is 23.0 Å². The molecule has 1 unspecified atom stereocenters. The highest BCUT2D eigenvalue weighted by molar-refractivity contribution is 5.82. The molecule has 0 amide bonds. The minimum Gasteiger partial charge on any atom is -0.285 e. The second-order valence-electron chi connectivity index (χ2n) is 4.18. The van der Waals surface area contributed by atoms with Crippen LogP contribution in [-0.2, 0) is 0 Å². The second kappa shape index (κ2) is 5.61. The van der Waals surface area contributed by atoms with E-state index in [4.69, 9.17) is 0 Å². The van der Waals surface area contributed by atoms with E-state index in [9.17, 15) is 5.26 Å². The highest BCUT2D eigenvalue weighted by atomic mass is 15.1. The first-order valence-electron chi connectivity index (χ1n) is 6.29. The third kappa shape index (κ3) is 2.20. The Bertz CT molecular complexity index is 562. The normalized spacial score (nSPS) is 12.6. The molecular weight excluding hydrogens is 222 g/mol. The van der Waals surface area contributed by atoms with Crippen LogP contribution < -0.4 is 0 Å². The van der Waals surface area contributed by atoms with Crippen LogP contribution in [0, 0.1) is 11.3 Å². The number of hydrogen-bond acceptors (Lipinski definition) is 3. The highest BCUT2D eigenvalue weighted by Crippen LogP contribution is 2.26. The number of para-hydroxylation sites is 1. The lowest BCUT2D eigenvalue weighted by atomic mass is 10.0. The SMILES string of the molecule is CCN(CC)C(C#N)c1cccc2cccnc12. The number of aromatic nitrogens is 1. The maximum Gasteiger partial charge on any atom is 0.125 e. The predicted molar refractivity (Wildman–Crippen MR) is 73.0 cm³/mol. The third-order valence-electron chi connectivity index (χ3n) is 3.26. The van der Waals surface area contributed by atoms with Crippen LogP contribution in [0.15, 0.2) is 36.5 Å². The molecule has 0 saturated heterocycles. The number of rotatable bonds is 4. The van der Waals surface area contributed by atoms with Gasteiger partial charge in [0.2, 0.25) is 0 Å². The Morgan fingerprint density at radius 3 is 2.61 bits per heavy atom. The quantitative estimate of drug-likeness (QED) is 0.823. The fourth-order valence-corrected chi connectivity index (χ4v) is 2.29. The summed E-state index contributed by atoms with van der Waals surface area (Å²) in [6, 6.07) is 12.2. The first kappa shape index (κ1) is 12.5. The van der Waals surface area contributed by atoms with Gasteiger partial charge in [0.15, 0.2) is 0 Å². The molecule has 0 spiro atoms. The lowest BCUT2D eigenvalue weighted by molar-refractivity contribution is 0.263. The van der Waals surface area contributed by atoms with Gasteiger partial charge in [-0.2, -0.15) is 5.26 Å². The van der Waals surface area contributed by atoms with Crippen molar-refractivity contribution in [2.45, 2.75) is 19.9 Å². The van der Waals surface area contributed by atoms with Gasteiger partial charge in [0.05, 0.1) is 11.6 Å². The molecule has 0 aliphatic carbocycles. The van der Waals surface area contributed by atoms with E-state index in [1.165, 1.54) is 0 Å². The van der Waals surface area contributed by atoms with Crippen molar-refractivity contribution in [2.75, 3.05) is 13.1 Å². The summed E-state index contributed by atoms with van der Waals surface area (Å²) < 4.78 is 0. The third-order valence-corrected chi connectivity index (χ3v) is 3.26. The Kier molecular flexibility index (Phi) is 3.91. The molecule has 1 aromatic carbocycles. The molecule has 1 aromatic heterocycles. The van der Waals surface area contributed by atoms with E-state index in [-0.39, 0.29) is 6.04 Å². The van der Waals surface area contributed by atoms with Gasteiger partial charge in [0, 0.05) is 17.1 Å². The van der Waals surface area contributed by atoms with E-state index >= 15 is 0 Å². The summed E-state index contributed by atoms with van der Waals surface area (Å²) in [7, 11) is 0. The molecule has 18 heavy (non-hydrogen) atoms. The van der Waals surface area contributed by atoms with E-state index < -0.39 is 0 Å². The molecule has 0 aliphatic heterocycles. The number of pyridine rings is 1. The van der Waals surface area contributed by atoms with E-state index in [2.05, 4.69) is 29.8 Å². The molecule has 92 valence electrons. The molecule has 2 rings (SSSR count). The number of fused-ring (bicyclic) bond motifs is 1. The van der Waals surface area contributed by atoms with E-state index in [0.717, 1.165) is 29.6 Å². The Labute approximate surface area is 108 Å². The van der Waals surface area contributed by atoms with Crippen molar-refractivity contribution >= 4 is 10.9 Å². The topological polar surface area (TPSA) is 39.9 Å². The monoisotopic (exact) mass is 239 g/mol. The van der Waals surface area contributed by atoms with Crippen molar-refractivity contribution in [3.05, 3.63) is 42.1 Å². The number of hydrogen-bond donors (Lipinski definition) is 0. The summed E-state index contributed by atoms with van der Waals surface area (Å²) >= 11 is 0. The number of nitrogens with zero attached hydrogens (tertiary/aromatic N) is 3. The fourth-order valence-electron chi connectivity index (χ4n) is 2.29. The van der Waals surface area contributed by atoms with Gasteiger partial charge in [-0.3, -0.25) is 9.88 Å². The van der Waals surface area contributed by atoms with Crippen LogP contribution in [0.5, 0.6) is 0 Å². The van der Waals surface area contributed by atoms with Crippen molar-refractivity contribution in [2.24, 2.45) is 0 Å². The van der Waals surface area contributed by atoms with Gasteiger partial charge in [0.25, 0.3) is 0 Å².